The van der Waals surface area contributed by atoms with Gasteiger partial charge in [0.2, 0.25) is 5.79 Å². The van der Waals surface area contributed by atoms with Crippen LogP contribution in [0.15, 0.2) is 43.0 Å². The maximum atomic E-state index is 15.9. The number of hydrogen-bond acceptors (Lipinski definition) is 8. The molecule has 1 saturated heterocycles. The van der Waals surface area contributed by atoms with Gasteiger partial charge in [0, 0.05) is 10.1 Å². The molecular formula is C17H16FN5O6P+. The van der Waals surface area contributed by atoms with Gasteiger partial charge < -0.3 is 15.2 Å². The third-order valence-electron chi connectivity index (χ3n) is 4.66. The van der Waals surface area contributed by atoms with Crippen LogP contribution in [0, 0.1) is 0 Å². The van der Waals surface area contributed by atoms with Crippen LogP contribution < -0.4 is 5.32 Å². The Morgan fingerprint density at radius 1 is 1.37 bits per heavy atom. The third-order valence-corrected chi connectivity index (χ3v) is 5.07. The van der Waals surface area contributed by atoms with E-state index in [0.717, 1.165) is 17.2 Å². The summed E-state index contributed by atoms with van der Waals surface area (Å²) in [6, 6.07) is 8.41. The minimum absolute atomic E-state index is 0.000168. The van der Waals surface area contributed by atoms with Gasteiger partial charge in [-0.2, -0.15) is 0 Å². The smallest absolute Gasteiger partial charge is 0.394 e. The number of imidazole rings is 1. The van der Waals surface area contributed by atoms with Gasteiger partial charge in [-0.3, -0.25) is 9.36 Å². The lowest BCUT2D eigenvalue weighted by Gasteiger charge is -2.24. The Kier molecular flexibility index (Phi) is 5.50. The number of ether oxygens (including phenoxy) is 1. The van der Waals surface area contributed by atoms with Crippen LogP contribution in [0.25, 0.3) is 11.2 Å². The molecule has 4 rings (SSSR count). The van der Waals surface area contributed by atoms with Gasteiger partial charge in [0.25, 0.3) is 5.91 Å². The number of carbonyl (C=O) groups excluding carboxylic acids is 1. The van der Waals surface area contributed by atoms with Crippen molar-refractivity contribution in [2.75, 3.05) is 18.5 Å². The summed E-state index contributed by atoms with van der Waals surface area (Å²) in [5.41, 5.74) is 0.485. The zero-order chi connectivity index (χ0) is 21.3. The Morgan fingerprint density at radius 2 is 2.13 bits per heavy atom. The topological polar surface area (TPSA) is 149 Å². The highest BCUT2D eigenvalue weighted by Crippen LogP contribution is 2.41. The van der Waals surface area contributed by atoms with Crippen molar-refractivity contribution in [2.45, 2.75) is 18.0 Å². The molecule has 11 nitrogen and oxygen atoms in total. The van der Waals surface area contributed by atoms with Crippen molar-refractivity contribution >= 4 is 31.1 Å². The van der Waals surface area contributed by atoms with Gasteiger partial charge in [0.1, 0.15) is 19.0 Å². The van der Waals surface area contributed by atoms with E-state index in [1.807, 2.05) is 0 Å². The molecule has 13 heteroatoms. The van der Waals surface area contributed by atoms with Crippen molar-refractivity contribution in [2.24, 2.45) is 0 Å². The standard InChI is InChI=1S/C17H15FN5O6P/c18-17(7-28-11(6-24)13(17)29-30(26)27)23-9-21-12-14(19-8-20-15(12)23)22-16(25)10-4-2-1-3-5-10/h1-5,8-9,11,13,24H,6-7H2,(H-,19,20,22,25,26,27)/p+1/t11-,13-,17+/m1/s1. The molecule has 1 unspecified atom stereocenters. The van der Waals surface area contributed by atoms with E-state index in [-0.39, 0.29) is 17.0 Å². The normalized spacial score (nSPS) is 24.2. The molecule has 1 aliphatic rings. The molecule has 4 atom stereocenters. The number of halogens is 1. The van der Waals surface area contributed by atoms with Crippen LogP contribution in [0.4, 0.5) is 10.2 Å². The summed E-state index contributed by atoms with van der Waals surface area (Å²) in [4.78, 5) is 33.7. The van der Waals surface area contributed by atoms with E-state index in [4.69, 9.17) is 14.2 Å². The summed E-state index contributed by atoms with van der Waals surface area (Å²) in [5.74, 6) is -2.87. The number of fused-ring (bicyclic) bond motifs is 1. The highest BCUT2D eigenvalue weighted by molar-refractivity contribution is 7.32. The molecule has 3 N–H and O–H groups in total. The molecule has 1 aliphatic heterocycles. The number of aliphatic hydroxyl groups excluding tert-OH is 1. The largest absolute Gasteiger partial charge is 0.695 e. The molecule has 3 aromatic rings. The lowest BCUT2D eigenvalue weighted by Crippen LogP contribution is -2.44. The van der Waals surface area contributed by atoms with Crippen molar-refractivity contribution in [3.63, 3.8) is 0 Å². The zero-order valence-corrected chi connectivity index (χ0v) is 16.1. The number of benzene rings is 1. The van der Waals surface area contributed by atoms with Gasteiger partial charge in [0.05, 0.1) is 12.9 Å². The fourth-order valence-corrected chi connectivity index (χ4v) is 3.74. The van der Waals surface area contributed by atoms with Crippen LogP contribution in [-0.2, 0) is 19.6 Å². The summed E-state index contributed by atoms with van der Waals surface area (Å²) in [6.45, 7) is -1.20. The number of nitrogens with zero attached hydrogens (tertiary/aromatic N) is 4. The lowest BCUT2D eigenvalue weighted by molar-refractivity contribution is -0.0312. The SMILES string of the molecule is O=C(Nc1ncnc2c1ncn2[C@@]1(F)CO[C@H](CO)[C@H]1O[P+](=O)O)c1ccccc1. The van der Waals surface area contributed by atoms with Crippen molar-refractivity contribution in [1.29, 1.82) is 0 Å². The van der Waals surface area contributed by atoms with Gasteiger partial charge in [-0.25, -0.2) is 19.3 Å². The fourth-order valence-electron chi connectivity index (χ4n) is 3.25. The first kappa shape index (κ1) is 20.4. The Bertz CT molecular complexity index is 1100. The van der Waals surface area contributed by atoms with Crippen LogP contribution in [0.2, 0.25) is 0 Å². The molecule has 1 amide bonds. The maximum absolute atomic E-state index is 15.9. The van der Waals surface area contributed by atoms with Crippen LogP contribution in [-0.4, -0.2) is 60.8 Å². The van der Waals surface area contributed by atoms with Crippen molar-refractivity contribution in [3.8, 4) is 0 Å². The predicted octanol–water partition coefficient (Wildman–Crippen LogP) is 1.13. The fraction of sp³-hybridized carbons (Fsp3) is 0.294. The highest BCUT2D eigenvalue weighted by Gasteiger charge is 2.58. The number of hydrogen-bond donors (Lipinski definition) is 3. The van der Waals surface area contributed by atoms with Crippen molar-refractivity contribution in [3.05, 3.63) is 48.5 Å². The number of aliphatic hydroxyl groups is 1. The predicted molar refractivity (Wildman–Crippen MR) is 100 cm³/mol. The Morgan fingerprint density at radius 3 is 2.83 bits per heavy atom. The van der Waals surface area contributed by atoms with Gasteiger partial charge in [-0.1, -0.05) is 18.2 Å². The first-order chi connectivity index (χ1) is 14.4. The summed E-state index contributed by atoms with van der Waals surface area (Å²) in [6.07, 6.45) is -0.545. The molecule has 0 saturated carbocycles. The Balaban J connectivity index is 1.71. The summed E-state index contributed by atoms with van der Waals surface area (Å²) >= 11 is 0. The monoisotopic (exact) mass is 436 g/mol. The third kappa shape index (κ3) is 3.55. The maximum Gasteiger partial charge on any atom is 0.695 e. The average molecular weight is 436 g/mol. The van der Waals surface area contributed by atoms with E-state index in [1.54, 1.807) is 30.3 Å². The number of amides is 1. The molecule has 3 heterocycles. The number of carbonyl (C=O) groups is 1. The van der Waals surface area contributed by atoms with Crippen LogP contribution >= 0.6 is 8.25 Å². The minimum Gasteiger partial charge on any atom is -0.394 e. The van der Waals surface area contributed by atoms with Crippen molar-refractivity contribution < 1.29 is 33.0 Å². The zero-order valence-electron chi connectivity index (χ0n) is 15.3. The van der Waals surface area contributed by atoms with E-state index in [2.05, 4.69) is 20.3 Å². The lowest BCUT2D eigenvalue weighted by atomic mass is 10.1. The second-order valence-corrected chi connectivity index (χ2v) is 7.13. The Hall–Kier alpha value is -2.89. The quantitative estimate of drug-likeness (QED) is 0.484. The molecule has 2 aromatic heterocycles. The molecule has 30 heavy (non-hydrogen) atoms. The molecule has 1 aromatic carbocycles. The summed E-state index contributed by atoms with van der Waals surface area (Å²) in [5, 5.41) is 12.0. The molecule has 0 spiro atoms. The van der Waals surface area contributed by atoms with E-state index < -0.39 is 45.4 Å². The summed E-state index contributed by atoms with van der Waals surface area (Å²) < 4.78 is 38.1. The van der Waals surface area contributed by atoms with E-state index in [9.17, 15) is 14.5 Å². The van der Waals surface area contributed by atoms with Gasteiger partial charge in [-0.05, 0) is 12.1 Å². The van der Waals surface area contributed by atoms with Crippen molar-refractivity contribution in [1.82, 2.24) is 19.5 Å². The number of aromatic nitrogens is 4. The second kappa shape index (κ2) is 8.09. The minimum atomic E-state index is -3.17. The molecule has 156 valence electrons. The van der Waals surface area contributed by atoms with Gasteiger partial charge in [-0.15, -0.1) is 9.42 Å². The van der Waals surface area contributed by atoms with E-state index in [1.165, 1.54) is 0 Å². The number of nitrogens with one attached hydrogen (secondary N) is 1. The highest BCUT2D eigenvalue weighted by atomic mass is 31.1. The number of rotatable bonds is 6. The molecule has 0 aliphatic carbocycles. The molecule has 1 fully saturated rings. The van der Waals surface area contributed by atoms with Crippen LogP contribution in [0.1, 0.15) is 10.4 Å². The Labute approximate surface area is 169 Å². The molecule has 0 radical (unpaired) electrons. The number of anilines is 1. The van der Waals surface area contributed by atoms with Crippen LogP contribution in [0.5, 0.6) is 0 Å². The van der Waals surface area contributed by atoms with E-state index >= 15 is 4.39 Å². The second-order valence-electron chi connectivity index (χ2n) is 6.44. The van der Waals surface area contributed by atoms with Gasteiger partial charge >= 0.3 is 8.25 Å². The van der Waals surface area contributed by atoms with Crippen LogP contribution in [0.3, 0.4) is 0 Å². The molecular weight excluding hydrogens is 420 g/mol. The van der Waals surface area contributed by atoms with Gasteiger partial charge in [0.15, 0.2) is 23.1 Å². The molecule has 0 bridgehead atoms. The first-order valence-corrected chi connectivity index (χ1v) is 9.86. The first-order valence-electron chi connectivity index (χ1n) is 8.73. The van der Waals surface area contributed by atoms with E-state index in [0.29, 0.717) is 5.56 Å². The number of alkyl halides is 1. The average Bonchev–Trinajstić information content (AvgIpc) is 3.31. The summed E-state index contributed by atoms with van der Waals surface area (Å²) in [7, 11) is -3.17.